The Balaban J connectivity index is 1.74. The minimum absolute atomic E-state index is 0.109. The number of nitrogens with zero attached hydrogens (tertiary/aromatic N) is 3. The van der Waals surface area contributed by atoms with E-state index in [-0.39, 0.29) is 5.56 Å². The number of benzene rings is 6. The molecule has 6 bridgehead atoms. The lowest BCUT2D eigenvalue weighted by molar-refractivity contribution is 1.13. The maximum Gasteiger partial charge on any atom is 0.263 e. The van der Waals surface area contributed by atoms with E-state index in [9.17, 15) is 4.79 Å². The number of pyridine rings is 1. The maximum atomic E-state index is 14.3. The molecule has 0 spiro atoms. The summed E-state index contributed by atoms with van der Waals surface area (Å²) in [5, 5.41) is 3.04. The first kappa shape index (κ1) is 24.5. The second-order valence-corrected chi connectivity index (χ2v) is 10.7. The fourth-order valence-corrected chi connectivity index (χ4v) is 6.39. The van der Waals surface area contributed by atoms with Crippen LogP contribution in [-0.2, 0) is 0 Å². The van der Waals surface area contributed by atoms with E-state index >= 15 is 0 Å². The molecular weight excluding hydrogens is 538 g/mol. The molecule has 0 unspecified atom stereocenters. The van der Waals surface area contributed by atoms with E-state index in [1.807, 2.05) is 78.9 Å². The van der Waals surface area contributed by atoms with Crippen molar-refractivity contribution < 1.29 is 0 Å². The summed E-state index contributed by atoms with van der Waals surface area (Å²) in [4.78, 5) is 14.3. The summed E-state index contributed by atoms with van der Waals surface area (Å²) in [5.74, 6) is 0. The SMILES string of the molecule is O=c1c2ccccc2c2ccc3cc2n1c1cccc(c1Cl)n(-c1ccccc1)c1cccc(c1)n3-c1ccccc1. The van der Waals surface area contributed by atoms with E-state index in [1.165, 1.54) is 0 Å². The molecule has 0 aliphatic heterocycles. The molecule has 5 heteroatoms. The molecule has 2 aromatic heterocycles. The van der Waals surface area contributed by atoms with E-state index < -0.39 is 0 Å². The molecule has 0 aliphatic rings. The van der Waals surface area contributed by atoms with Crippen LogP contribution >= 0.6 is 11.6 Å². The molecule has 200 valence electrons. The monoisotopic (exact) mass is 561 g/mol. The Bertz CT molecular complexity index is 2440. The van der Waals surface area contributed by atoms with Crippen molar-refractivity contribution in [1.29, 1.82) is 0 Å². The van der Waals surface area contributed by atoms with Crippen molar-refractivity contribution in [3.63, 3.8) is 0 Å². The van der Waals surface area contributed by atoms with Crippen LogP contribution in [0.3, 0.4) is 0 Å². The van der Waals surface area contributed by atoms with Crippen LogP contribution in [0, 0.1) is 0 Å². The van der Waals surface area contributed by atoms with E-state index in [4.69, 9.17) is 11.6 Å². The van der Waals surface area contributed by atoms with Crippen LogP contribution in [0.2, 0.25) is 5.02 Å². The van der Waals surface area contributed by atoms with Crippen molar-refractivity contribution in [2.75, 3.05) is 0 Å². The van der Waals surface area contributed by atoms with Gasteiger partial charge in [0, 0.05) is 38.7 Å². The third-order valence-corrected chi connectivity index (χ3v) is 8.33. The van der Waals surface area contributed by atoms with Crippen molar-refractivity contribution in [2.24, 2.45) is 0 Å². The highest BCUT2D eigenvalue weighted by molar-refractivity contribution is 6.37. The minimum Gasteiger partial charge on any atom is -0.310 e. The fourth-order valence-electron chi connectivity index (χ4n) is 6.10. The smallest absolute Gasteiger partial charge is 0.263 e. The number of fused-ring (bicyclic) bond motifs is 8. The highest BCUT2D eigenvalue weighted by Crippen LogP contribution is 2.31. The standard InChI is InChI=1S/C37H24ClN3O/c38-36-33-19-10-20-34(36)41-35-24-29(21-22-31(35)30-17-7-8-18-32(30)37(41)42)39(25-11-3-1-4-12-25)27-15-9-16-28(23-27)40(33)26-13-5-2-6-14-26/h1-24H. The molecule has 0 N–H and O–H groups in total. The predicted octanol–water partition coefficient (Wildman–Crippen LogP) is 9.27. The Hall–Kier alpha value is -5.32. The molecule has 0 saturated heterocycles. The van der Waals surface area contributed by atoms with Gasteiger partial charge in [0.25, 0.3) is 5.56 Å². The van der Waals surface area contributed by atoms with Crippen LogP contribution in [-0.4, -0.2) is 13.5 Å². The average molecular weight is 562 g/mol. The lowest BCUT2D eigenvalue weighted by Gasteiger charge is -2.17. The molecule has 0 radical (unpaired) electrons. The number of aromatic nitrogens is 3. The molecule has 8 aromatic rings. The van der Waals surface area contributed by atoms with Gasteiger partial charge in [0.05, 0.1) is 21.6 Å². The second kappa shape index (κ2) is 9.65. The van der Waals surface area contributed by atoms with Crippen molar-refractivity contribution in [2.45, 2.75) is 0 Å². The maximum absolute atomic E-state index is 14.3. The largest absolute Gasteiger partial charge is 0.310 e. The van der Waals surface area contributed by atoms with Gasteiger partial charge in [0.2, 0.25) is 0 Å². The second-order valence-electron chi connectivity index (χ2n) is 10.4. The first-order valence-electron chi connectivity index (χ1n) is 13.9. The van der Waals surface area contributed by atoms with Crippen LogP contribution in [0.5, 0.6) is 0 Å². The summed E-state index contributed by atoms with van der Waals surface area (Å²) in [6.07, 6.45) is 0. The summed E-state index contributed by atoms with van der Waals surface area (Å²) < 4.78 is 6.15. The van der Waals surface area contributed by atoms with E-state index in [1.54, 1.807) is 4.40 Å². The Labute approximate surface area is 246 Å². The van der Waals surface area contributed by atoms with Crippen LogP contribution in [0.4, 0.5) is 0 Å². The zero-order valence-corrected chi connectivity index (χ0v) is 23.2. The fraction of sp³-hybridized carbons (Fsp3) is 0. The van der Waals surface area contributed by atoms with Gasteiger partial charge in [-0.05, 0) is 78.2 Å². The molecule has 8 rings (SSSR count). The van der Waals surface area contributed by atoms with E-state index in [2.05, 4.69) is 75.9 Å². The van der Waals surface area contributed by atoms with Crippen LogP contribution < -0.4 is 5.56 Å². The molecule has 42 heavy (non-hydrogen) atoms. The molecule has 4 nitrogen and oxygen atoms in total. The highest BCUT2D eigenvalue weighted by atomic mass is 35.5. The lowest BCUT2D eigenvalue weighted by Crippen LogP contribution is -2.15. The number of halogens is 1. The van der Waals surface area contributed by atoms with Gasteiger partial charge >= 0.3 is 0 Å². The quantitative estimate of drug-likeness (QED) is 0.193. The summed E-state index contributed by atoms with van der Waals surface area (Å²) in [5.41, 5.74) is 6.96. The van der Waals surface area contributed by atoms with Gasteiger partial charge < -0.3 is 9.13 Å². The molecule has 0 amide bonds. The topological polar surface area (TPSA) is 31.3 Å². The molecule has 2 heterocycles. The molecule has 0 saturated carbocycles. The number of hydrogen-bond acceptors (Lipinski definition) is 1. The molecule has 0 atom stereocenters. The van der Waals surface area contributed by atoms with Gasteiger partial charge in [0.1, 0.15) is 0 Å². The molecule has 0 fully saturated rings. The highest BCUT2D eigenvalue weighted by Gasteiger charge is 2.14. The van der Waals surface area contributed by atoms with Crippen molar-refractivity contribution >= 4 is 60.9 Å². The molecule has 6 aromatic carbocycles. The first-order chi connectivity index (χ1) is 20.7. The predicted molar refractivity (Wildman–Crippen MR) is 175 cm³/mol. The normalized spacial score (nSPS) is 11.5. The summed E-state index contributed by atoms with van der Waals surface area (Å²) >= 11 is 7.33. The Morgan fingerprint density at radius 3 is 1.74 bits per heavy atom. The van der Waals surface area contributed by atoms with E-state index in [0.29, 0.717) is 15.9 Å². The van der Waals surface area contributed by atoms with Crippen LogP contribution in [0.25, 0.3) is 60.6 Å². The summed E-state index contributed by atoms with van der Waals surface area (Å²) in [6, 6.07) is 49.0. The number of para-hydroxylation sites is 2. The van der Waals surface area contributed by atoms with Crippen LogP contribution in [0.1, 0.15) is 0 Å². The number of hydrogen-bond donors (Lipinski definition) is 0. The van der Waals surface area contributed by atoms with Crippen molar-refractivity contribution in [3.8, 4) is 11.4 Å². The van der Waals surface area contributed by atoms with Gasteiger partial charge in [-0.3, -0.25) is 9.20 Å². The zero-order chi connectivity index (χ0) is 28.2. The first-order valence-corrected chi connectivity index (χ1v) is 14.2. The van der Waals surface area contributed by atoms with Gasteiger partial charge in [-0.15, -0.1) is 0 Å². The third-order valence-electron chi connectivity index (χ3n) is 7.95. The zero-order valence-electron chi connectivity index (χ0n) is 22.5. The van der Waals surface area contributed by atoms with Gasteiger partial charge in [0.15, 0.2) is 0 Å². The number of rotatable bonds is 2. The van der Waals surface area contributed by atoms with Crippen LogP contribution in [0.15, 0.2) is 150 Å². The molecule has 0 aliphatic carbocycles. The van der Waals surface area contributed by atoms with Gasteiger partial charge in [-0.25, -0.2) is 0 Å². The van der Waals surface area contributed by atoms with E-state index in [0.717, 1.165) is 49.7 Å². The van der Waals surface area contributed by atoms with Gasteiger partial charge in [-0.1, -0.05) is 84.4 Å². The molecular formula is C37H24ClN3O. The minimum atomic E-state index is -0.109. The van der Waals surface area contributed by atoms with Crippen molar-refractivity contribution in [1.82, 2.24) is 13.5 Å². The Morgan fingerprint density at radius 2 is 1.00 bits per heavy atom. The average Bonchev–Trinajstić information content (AvgIpc) is 3.04. The summed E-state index contributed by atoms with van der Waals surface area (Å²) in [7, 11) is 0. The van der Waals surface area contributed by atoms with Gasteiger partial charge in [-0.2, -0.15) is 0 Å². The lowest BCUT2D eigenvalue weighted by atomic mass is 10.1. The van der Waals surface area contributed by atoms with Crippen molar-refractivity contribution in [3.05, 3.63) is 161 Å². The third kappa shape index (κ3) is 3.73. The Kier molecular flexibility index (Phi) is 5.62. The summed E-state index contributed by atoms with van der Waals surface area (Å²) in [6.45, 7) is 0. The Morgan fingerprint density at radius 1 is 0.429 bits per heavy atom.